The summed E-state index contributed by atoms with van der Waals surface area (Å²) >= 11 is 0. The van der Waals surface area contributed by atoms with Crippen molar-refractivity contribution < 1.29 is 14.7 Å². The molecule has 0 aromatic rings. The summed E-state index contributed by atoms with van der Waals surface area (Å²) in [6.45, 7) is 2.18. The fourth-order valence-electron chi connectivity index (χ4n) is 1.12. The molecule has 13 heavy (non-hydrogen) atoms. The van der Waals surface area contributed by atoms with Crippen molar-refractivity contribution in [1.82, 2.24) is 4.90 Å². The van der Waals surface area contributed by atoms with E-state index in [0.717, 1.165) is 0 Å². The summed E-state index contributed by atoms with van der Waals surface area (Å²) < 4.78 is 0. The highest BCUT2D eigenvalue weighted by Crippen LogP contribution is 2.02. The topological polar surface area (TPSA) is 83.6 Å². The standard InChI is InChI=1S/C8H16N2O3/c1-3-6(8(12)13)10(2)5-4-7(9)11/h6H,3-5H2,1-2H3,(H2,9,11)(H,12,13). The first-order valence-corrected chi connectivity index (χ1v) is 4.20. The van der Waals surface area contributed by atoms with Crippen LogP contribution in [-0.4, -0.2) is 41.5 Å². The van der Waals surface area contributed by atoms with E-state index in [9.17, 15) is 9.59 Å². The van der Waals surface area contributed by atoms with Crippen molar-refractivity contribution in [2.45, 2.75) is 25.8 Å². The van der Waals surface area contributed by atoms with Crippen molar-refractivity contribution in [3.8, 4) is 0 Å². The first kappa shape index (κ1) is 11.9. The lowest BCUT2D eigenvalue weighted by atomic mass is 10.2. The van der Waals surface area contributed by atoms with Gasteiger partial charge in [-0.15, -0.1) is 0 Å². The van der Waals surface area contributed by atoms with Crippen LogP contribution >= 0.6 is 0 Å². The van der Waals surface area contributed by atoms with Gasteiger partial charge in [-0.25, -0.2) is 0 Å². The van der Waals surface area contributed by atoms with E-state index < -0.39 is 17.9 Å². The molecule has 1 amide bonds. The molecular formula is C8H16N2O3. The third kappa shape index (κ3) is 4.47. The van der Waals surface area contributed by atoms with Gasteiger partial charge >= 0.3 is 5.97 Å². The van der Waals surface area contributed by atoms with Gasteiger partial charge < -0.3 is 10.8 Å². The lowest BCUT2D eigenvalue weighted by molar-refractivity contribution is -0.143. The molecule has 0 radical (unpaired) electrons. The minimum atomic E-state index is -0.866. The molecule has 3 N–H and O–H groups in total. The van der Waals surface area contributed by atoms with Gasteiger partial charge in [0.2, 0.25) is 5.91 Å². The molecule has 0 fully saturated rings. The van der Waals surface area contributed by atoms with Crippen molar-refractivity contribution >= 4 is 11.9 Å². The lowest BCUT2D eigenvalue weighted by Gasteiger charge is -2.22. The number of carbonyl (C=O) groups excluding carboxylic acids is 1. The van der Waals surface area contributed by atoms with Gasteiger partial charge in [0.05, 0.1) is 0 Å². The van der Waals surface area contributed by atoms with Gasteiger partial charge in [-0.05, 0) is 13.5 Å². The zero-order chi connectivity index (χ0) is 10.4. The van der Waals surface area contributed by atoms with Crippen molar-refractivity contribution in [3.63, 3.8) is 0 Å². The van der Waals surface area contributed by atoms with Gasteiger partial charge in [0.15, 0.2) is 0 Å². The highest BCUT2D eigenvalue weighted by atomic mass is 16.4. The Morgan fingerprint density at radius 1 is 1.54 bits per heavy atom. The van der Waals surface area contributed by atoms with Crippen LogP contribution in [0.15, 0.2) is 0 Å². The number of carboxylic acids is 1. The zero-order valence-electron chi connectivity index (χ0n) is 7.99. The Morgan fingerprint density at radius 2 is 2.08 bits per heavy atom. The van der Waals surface area contributed by atoms with E-state index >= 15 is 0 Å². The van der Waals surface area contributed by atoms with E-state index in [1.165, 1.54) is 0 Å². The van der Waals surface area contributed by atoms with Crippen LogP contribution in [0, 0.1) is 0 Å². The van der Waals surface area contributed by atoms with Crippen LogP contribution in [0.5, 0.6) is 0 Å². The number of hydrogen-bond donors (Lipinski definition) is 2. The summed E-state index contributed by atoms with van der Waals surface area (Å²) in [6.07, 6.45) is 0.713. The van der Waals surface area contributed by atoms with Crippen LogP contribution in [0.25, 0.3) is 0 Å². The van der Waals surface area contributed by atoms with E-state index in [1.54, 1.807) is 18.9 Å². The van der Waals surface area contributed by atoms with Crippen LogP contribution in [-0.2, 0) is 9.59 Å². The third-order valence-corrected chi connectivity index (χ3v) is 1.91. The molecule has 0 aromatic heterocycles. The molecule has 76 valence electrons. The molecule has 0 spiro atoms. The number of carboxylic acid groups (broad SMARTS) is 1. The molecule has 1 atom stereocenters. The predicted octanol–water partition coefficient (Wildman–Crippen LogP) is -0.343. The number of carbonyl (C=O) groups is 2. The van der Waals surface area contributed by atoms with E-state index in [0.29, 0.717) is 13.0 Å². The monoisotopic (exact) mass is 188 g/mol. The van der Waals surface area contributed by atoms with E-state index in [-0.39, 0.29) is 6.42 Å². The fraction of sp³-hybridized carbons (Fsp3) is 0.750. The number of nitrogens with two attached hydrogens (primary N) is 1. The van der Waals surface area contributed by atoms with Crippen LogP contribution in [0.4, 0.5) is 0 Å². The maximum Gasteiger partial charge on any atom is 0.320 e. The summed E-state index contributed by atoms with van der Waals surface area (Å²) in [7, 11) is 1.67. The molecule has 0 saturated carbocycles. The van der Waals surface area contributed by atoms with Gasteiger partial charge in [0.25, 0.3) is 0 Å². The Labute approximate surface area is 77.5 Å². The number of amides is 1. The second-order valence-corrected chi connectivity index (χ2v) is 2.96. The van der Waals surface area contributed by atoms with Crippen LogP contribution in [0.2, 0.25) is 0 Å². The minimum Gasteiger partial charge on any atom is -0.480 e. The van der Waals surface area contributed by atoms with Gasteiger partial charge in [0, 0.05) is 13.0 Å². The van der Waals surface area contributed by atoms with E-state index in [1.807, 2.05) is 0 Å². The third-order valence-electron chi connectivity index (χ3n) is 1.91. The molecule has 0 rings (SSSR count). The highest BCUT2D eigenvalue weighted by Gasteiger charge is 2.19. The average Bonchev–Trinajstić information content (AvgIpc) is 2.01. The van der Waals surface area contributed by atoms with Crippen LogP contribution < -0.4 is 5.73 Å². The molecule has 0 aliphatic carbocycles. The molecule has 5 nitrogen and oxygen atoms in total. The van der Waals surface area contributed by atoms with Crippen molar-refractivity contribution in [2.75, 3.05) is 13.6 Å². The minimum absolute atomic E-state index is 0.195. The summed E-state index contributed by atoms with van der Waals surface area (Å²) in [4.78, 5) is 22.7. The van der Waals surface area contributed by atoms with Gasteiger partial charge in [-0.1, -0.05) is 6.92 Å². The number of hydrogen-bond acceptors (Lipinski definition) is 3. The molecule has 1 unspecified atom stereocenters. The molecule has 0 aliphatic heterocycles. The summed E-state index contributed by atoms with van der Waals surface area (Å²) in [5, 5.41) is 8.75. The number of nitrogens with zero attached hydrogens (tertiary/aromatic N) is 1. The van der Waals surface area contributed by atoms with Crippen LogP contribution in [0.1, 0.15) is 19.8 Å². The van der Waals surface area contributed by atoms with Crippen LogP contribution in [0.3, 0.4) is 0 Å². The molecule has 0 aromatic carbocycles. The first-order valence-electron chi connectivity index (χ1n) is 4.20. The largest absolute Gasteiger partial charge is 0.480 e. The van der Waals surface area contributed by atoms with Gasteiger partial charge in [-0.2, -0.15) is 0 Å². The zero-order valence-corrected chi connectivity index (χ0v) is 7.99. The summed E-state index contributed by atoms with van der Waals surface area (Å²) in [5.41, 5.74) is 4.95. The van der Waals surface area contributed by atoms with E-state index in [2.05, 4.69) is 0 Å². The Balaban J connectivity index is 3.98. The Bertz CT molecular complexity index is 194. The van der Waals surface area contributed by atoms with Crippen molar-refractivity contribution in [3.05, 3.63) is 0 Å². The van der Waals surface area contributed by atoms with Gasteiger partial charge in [0.1, 0.15) is 6.04 Å². The normalized spacial score (nSPS) is 12.8. The average molecular weight is 188 g/mol. The second kappa shape index (κ2) is 5.53. The molecule has 0 aliphatic rings. The number of aliphatic carboxylic acids is 1. The summed E-state index contributed by atoms with van der Waals surface area (Å²) in [6, 6.07) is -0.528. The van der Waals surface area contributed by atoms with Crippen molar-refractivity contribution in [2.24, 2.45) is 5.73 Å². The van der Waals surface area contributed by atoms with E-state index in [4.69, 9.17) is 10.8 Å². The predicted molar refractivity (Wildman–Crippen MR) is 48.2 cm³/mol. The molecule has 0 bridgehead atoms. The van der Waals surface area contributed by atoms with Crippen molar-refractivity contribution in [1.29, 1.82) is 0 Å². The number of likely N-dealkylation sites (N-methyl/N-ethyl adjacent to an activating group) is 1. The number of primary amides is 1. The number of rotatable bonds is 6. The summed E-state index contributed by atoms with van der Waals surface area (Å²) in [5.74, 6) is -1.28. The highest BCUT2D eigenvalue weighted by molar-refractivity contribution is 5.75. The second-order valence-electron chi connectivity index (χ2n) is 2.96. The molecule has 0 heterocycles. The maximum absolute atomic E-state index is 10.7. The molecule has 0 saturated heterocycles. The van der Waals surface area contributed by atoms with Gasteiger partial charge in [-0.3, -0.25) is 14.5 Å². The quantitative estimate of drug-likeness (QED) is 0.597. The maximum atomic E-state index is 10.7. The SMILES string of the molecule is CCC(C(=O)O)N(C)CCC(N)=O. The smallest absolute Gasteiger partial charge is 0.320 e. The molecular weight excluding hydrogens is 172 g/mol. The Morgan fingerprint density at radius 3 is 2.38 bits per heavy atom. The molecule has 5 heteroatoms. The Kier molecular flexibility index (Phi) is 5.06. The first-order chi connectivity index (χ1) is 5.99. The fourth-order valence-corrected chi connectivity index (χ4v) is 1.12. The lowest BCUT2D eigenvalue weighted by Crippen LogP contribution is -2.39. The Hall–Kier alpha value is -1.10.